The van der Waals surface area contributed by atoms with Gasteiger partial charge in [0.05, 0.1) is 24.4 Å². The van der Waals surface area contributed by atoms with Crippen LogP contribution in [0.3, 0.4) is 0 Å². The zero-order chi connectivity index (χ0) is 26.4. The van der Waals surface area contributed by atoms with E-state index in [0.29, 0.717) is 35.5 Å². The molecule has 1 atom stereocenters. The fourth-order valence-electron chi connectivity index (χ4n) is 4.59. The predicted molar refractivity (Wildman–Crippen MR) is 143 cm³/mol. The van der Waals surface area contributed by atoms with E-state index >= 15 is 0 Å². The average molecular weight is 517 g/mol. The Labute approximate surface area is 220 Å². The number of amides is 1. The molecule has 2 N–H and O–H groups in total. The molecule has 11 heteroatoms. The molecule has 4 aromatic heterocycles. The van der Waals surface area contributed by atoms with E-state index in [0.717, 1.165) is 42.9 Å². The highest BCUT2D eigenvalue weighted by atomic mass is 16.5. The number of aromatic nitrogens is 6. The molecule has 1 saturated heterocycles. The van der Waals surface area contributed by atoms with Gasteiger partial charge in [0, 0.05) is 55.1 Å². The number of imidazole rings is 1. The molecule has 0 aromatic carbocycles. The molecule has 38 heavy (non-hydrogen) atoms. The Hall–Kier alpha value is -3.99. The summed E-state index contributed by atoms with van der Waals surface area (Å²) in [6.07, 6.45) is 6.07. The van der Waals surface area contributed by atoms with Gasteiger partial charge in [-0.2, -0.15) is 10.1 Å². The zero-order valence-electron chi connectivity index (χ0n) is 22.1. The second kappa shape index (κ2) is 9.39. The molecule has 2 fully saturated rings. The first kappa shape index (κ1) is 24.4. The number of hydrogen-bond acceptors (Lipinski definition) is 8. The van der Waals surface area contributed by atoms with Gasteiger partial charge in [-0.25, -0.2) is 9.97 Å². The lowest BCUT2D eigenvalue weighted by Gasteiger charge is -2.22. The fraction of sp³-hybridized carbons (Fsp3) is 0.444. The van der Waals surface area contributed by atoms with Crippen molar-refractivity contribution in [3.63, 3.8) is 0 Å². The first-order valence-electron chi connectivity index (χ1n) is 13.0. The number of anilines is 3. The van der Waals surface area contributed by atoms with Crippen molar-refractivity contribution in [2.75, 3.05) is 23.8 Å². The summed E-state index contributed by atoms with van der Waals surface area (Å²) in [7, 11) is 1.92. The van der Waals surface area contributed by atoms with Crippen LogP contribution in [-0.4, -0.2) is 48.4 Å². The molecular formula is C27H32N8O3. The summed E-state index contributed by atoms with van der Waals surface area (Å²) in [4.78, 5) is 25.5. The van der Waals surface area contributed by atoms with Crippen LogP contribution in [0.4, 0.5) is 17.6 Å². The Bertz CT molecular complexity index is 1490. The molecule has 4 aromatic rings. The SMILES string of the molecule is Cn1c(Nc2cc(C(C)(C)C)n([C@@H]3CCOC3)n2)nc2ncc(Oc3ccnc(NC(=O)C4CC4)c3)cc21. The van der Waals surface area contributed by atoms with Crippen LogP contribution >= 0.6 is 0 Å². The van der Waals surface area contributed by atoms with Crippen LogP contribution in [0.15, 0.2) is 36.7 Å². The van der Waals surface area contributed by atoms with Gasteiger partial charge < -0.3 is 24.7 Å². The van der Waals surface area contributed by atoms with E-state index in [2.05, 4.69) is 57.1 Å². The number of rotatable bonds is 7. The number of pyridine rings is 2. The van der Waals surface area contributed by atoms with Gasteiger partial charge in [0.15, 0.2) is 11.5 Å². The van der Waals surface area contributed by atoms with Crippen molar-refractivity contribution in [3.05, 3.63) is 42.4 Å². The van der Waals surface area contributed by atoms with Crippen LogP contribution in [0.25, 0.3) is 11.2 Å². The first-order valence-corrected chi connectivity index (χ1v) is 13.0. The maximum absolute atomic E-state index is 12.1. The Balaban J connectivity index is 1.22. The van der Waals surface area contributed by atoms with Crippen LogP contribution < -0.4 is 15.4 Å². The molecule has 1 amide bonds. The Kier molecular flexibility index (Phi) is 6.02. The summed E-state index contributed by atoms with van der Waals surface area (Å²) in [6.45, 7) is 8.00. The standard InChI is InChI=1S/C27H32N8O3/c1-27(2,3)21-13-23(33-35(21)17-8-10-37-15-17)31-26-32-24-20(34(26)4)11-19(14-29-24)38-18-7-9-28-22(12-18)30-25(36)16-5-6-16/h7,9,11-14,16-17H,5-6,8,10,15H2,1-4H3,(H,28,30,36)(H,29,31,32,33)/t17-/m1/s1. The van der Waals surface area contributed by atoms with Gasteiger partial charge in [0.25, 0.3) is 0 Å². The lowest BCUT2D eigenvalue weighted by molar-refractivity contribution is -0.117. The highest BCUT2D eigenvalue weighted by Crippen LogP contribution is 2.33. The molecule has 0 spiro atoms. The second-order valence-electron chi connectivity index (χ2n) is 11.0. The number of nitrogens with zero attached hydrogens (tertiary/aromatic N) is 6. The normalized spacial score (nSPS) is 17.6. The molecular weight excluding hydrogens is 484 g/mol. The van der Waals surface area contributed by atoms with E-state index in [1.165, 1.54) is 0 Å². The van der Waals surface area contributed by atoms with Gasteiger partial charge in [-0.05, 0) is 25.3 Å². The van der Waals surface area contributed by atoms with Gasteiger partial charge in [-0.1, -0.05) is 20.8 Å². The van der Waals surface area contributed by atoms with Crippen molar-refractivity contribution in [2.24, 2.45) is 13.0 Å². The monoisotopic (exact) mass is 516 g/mol. The number of fused-ring (bicyclic) bond motifs is 1. The summed E-state index contributed by atoms with van der Waals surface area (Å²) in [6, 6.07) is 7.66. The highest BCUT2D eigenvalue weighted by molar-refractivity contribution is 5.93. The maximum atomic E-state index is 12.1. The average Bonchev–Trinajstić information content (AvgIpc) is 3.27. The fourth-order valence-corrected chi connectivity index (χ4v) is 4.59. The van der Waals surface area contributed by atoms with E-state index in [9.17, 15) is 4.79 Å². The van der Waals surface area contributed by atoms with Gasteiger partial charge >= 0.3 is 0 Å². The van der Waals surface area contributed by atoms with Crippen molar-refractivity contribution in [1.29, 1.82) is 0 Å². The number of carbonyl (C=O) groups excluding carboxylic acids is 1. The van der Waals surface area contributed by atoms with Crippen LogP contribution in [0.2, 0.25) is 0 Å². The van der Waals surface area contributed by atoms with Crippen LogP contribution in [0.1, 0.15) is 51.8 Å². The topological polar surface area (TPSA) is 121 Å². The molecule has 5 heterocycles. The van der Waals surface area contributed by atoms with Crippen molar-refractivity contribution in [1.82, 2.24) is 29.3 Å². The first-order chi connectivity index (χ1) is 18.2. The number of nitrogens with one attached hydrogen (secondary N) is 2. The lowest BCUT2D eigenvalue weighted by atomic mass is 9.91. The molecule has 1 aliphatic heterocycles. The molecule has 1 saturated carbocycles. The van der Waals surface area contributed by atoms with E-state index < -0.39 is 0 Å². The summed E-state index contributed by atoms with van der Waals surface area (Å²) >= 11 is 0. The zero-order valence-corrected chi connectivity index (χ0v) is 22.1. The van der Waals surface area contributed by atoms with Gasteiger partial charge in [0.2, 0.25) is 11.9 Å². The quantitative estimate of drug-likeness (QED) is 0.363. The highest BCUT2D eigenvalue weighted by Gasteiger charge is 2.30. The molecule has 11 nitrogen and oxygen atoms in total. The van der Waals surface area contributed by atoms with Crippen molar-refractivity contribution < 1.29 is 14.3 Å². The van der Waals surface area contributed by atoms with E-state index in [-0.39, 0.29) is 23.3 Å². The van der Waals surface area contributed by atoms with E-state index in [1.807, 2.05) is 17.7 Å². The smallest absolute Gasteiger partial charge is 0.228 e. The second-order valence-corrected chi connectivity index (χ2v) is 11.0. The Morgan fingerprint density at radius 3 is 2.68 bits per heavy atom. The summed E-state index contributed by atoms with van der Waals surface area (Å²) in [5.41, 5.74) is 2.48. The molecule has 0 unspecified atom stereocenters. The Morgan fingerprint density at radius 2 is 1.95 bits per heavy atom. The van der Waals surface area contributed by atoms with Crippen molar-refractivity contribution in [2.45, 2.75) is 51.5 Å². The van der Waals surface area contributed by atoms with Crippen molar-refractivity contribution in [3.8, 4) is 11.5 Å². The summed E-state index contributed by atoms with van der Waals surface area (Å²) in [5.74, 6) is 3.05. The van der Waals surface area contributed by atoms with Crippen LogP contribution in [-0.2, 0) is 22.0 Å². The summed E-state index contributed by atoms with van der Waals surface area (Å²) in [5, 5.41) is 11.1. The van der Waals surface area contributed by atoms with Gasteiger partial charge in [-0.15, -0.1) is 0 Å². The van der Waals surface area contributed by atoms with Gasteiger partial charge in [-0.3, -0.25) is 9.48 Å². The largest absolute Gasteiger partial charge is 0.455 e. The third-order valence-corrected chi connectivity index (χ3v) is 6.88. The molecule has 6 rings (SSSR count). The third-order valence-electron chi connectivity index (χ3n) is 6.88. The van der Waals surface area contributed by atoms with Gasteiger partial charge in [0.1, 0.15) is 17.3 Å². The third kappa shape index (κ3) is 4.93. The number of hydrogen-bond donors (Lipinski definition) is 2. The number of ether oxygens (including phenoxy) is 2. The lowest BCUT2D eigenvalue weighted by Crippen LogP contribution is -2.22. The molecule has 1 aliphatic carbocycles. The van der Waals surface area contributed by atoms with Crippen molar-refractivity contribution >= 4 is 34.7 Å². The molecule has 0 radical (unpaired) electrons. The number of aryl methyl sites for hydroxylation is 1. The Morgan fingerprint density at radius 1 is 1.11 bits per heavy atom. The number of carbonyl (C=O) groups is 1. The van der Waals surface area contributed by atoms with E-state index in [1.54, 1.807) is 24.5 Å². The van der Waals surface area contributed by atoms with Crippen LogP contribution in [0.5, 0.6) is 11.5 Å². The predicted octanol–water partition coefficient (Wildman–Crippen LogP) is 4.70. The summed E-state index contributed by atoms with van der Waals surface area (Å²) < 4.78 is 15.7. The minimum absolute atomic E-state index is 0.00341. The van der Waals surface area contributed by atoms with E-state index in [4.69, 9.17) is 14.6 Å². The van der Waals surface area contributed by atoms with Crippen LogP contribution in [0, 0.1) is 5.92 Å². The molecule has 0 bridgehead atoms. The molecule has 198 valence electrons. The minimum Gasteiger partial charge on any atom is -0.455 e. The maximum Gasteiger partial charge on any atom is 0.228 e. The molecule has 2 aliphatic rings. The minimum atomic E-state index is -0.0663.